The van der Waals surface area contributed by atoms with Crippen LogP contribution in [0.2, 0.25) is 0 Å². The van der Waals surface area contributed by atoms with E-state index < -0.39 is 0 Å². The van der Waals surface area contributed by atoms with Crippen LogP contribution in [0, 0.1) is 6.92 Å². The smallest absolute Gasteiger partial charge is 0.233 e. The lowest BCUT2D eigenvalue weighted by atomic mass is 10.2. The van der Waals surface area contributed by atoms with Crippen LogP contribution in [0.4, 0.5) is 0 Å². The highest BCUT2D eigenvalue weighted by Gasteiger charge is 2.34. The number of carbonyl (C=O) groups is 1. The fourth-order valence-electron chi connectivity index (χ4n) is 3.14. The maximum atomic E-state index is 12.1. The second kappa shape index (κ2) is 6.88. The van der Waals surface area contributed by atoms with Crippen molar-refractivity contribution in [2.75, 3.05) is 31.9 Å². The summed E-state index contributed by atoms with van der Waals surface area (Å²) in [5.74, 6) is 2.67. The van der Waals surface area contributed by atoms with Gasteiger partial charge in [0.25, 0.3) is 0 Å². The molecule has 116 valence electrons. The SMILES string of the molecule is Cc1ccc(C2SCC(=O)N2CCCCN2CCCC2)o1. The van der Waals surface area contributed by atoms with Gasteiger partial charge in [-0.3, -0.25) is 4.79 Å². The zero-order valence-electron chi connectivity index (χ0n) is 12.7. The molecule has 0 bridgehead atoms. The first-order chi connectivity index (χ1) is 10.2. The molecule has 0 spiro atoms. The first-order valence-electron chi connectivity index (χ1n) is 7.94. The number of unbranched alkanes of at least 4 members (excludes halogenated alkanes) is 1. The number of likely N-dealkylation sites (tertiary alicyclic amines) is 1. The van der Waals surface area contributed by atoms with E-state index in [1.807, 2.05) is 24.0 Å². The molecular weight excluding hydrogens is 284 g/mol. The third-order valence-corrected chi connectivity index (χ3v) is 5.51. The number of hydrogen-bond donors (Lipinski definition) is 0. The minimum atomic E-state index is 0.0815. The summed E-state index contributed by atoms with van der Waals surface area (Å²) < 4.78 is 5.71. The molecule has 0 aliphatic carbocycles. The van der Waals surface area contributed by atoms with Crippen LogP contribution >= 0.6 is 11.8 Å². The molecule has 3 rings (SSSR count). The molecule has 4 nitrogen and oxygen atoms in total. The molecule has 0 radical (unpaired) electrons. The van der Waals surface area contributed by atoms with Gasteiger partial charge in [0.1, 0.15) is 16.9 Å². The Labute approximate surface area is 130 Å². The standard InChI is InChI=1S/C16H24N2O2S/c1-13-6-7-14(20-13)16-18(15(19)12-21-16)11-5-4-10-17-8-2-3-9-17/h6-7,16H,2-5,8-12H2,1H3. The van der Waals surface area contributed by atoms with Gasteiger partial charge in [-0.2, -0.15) is 0 Å². The third kappa shape index (κ3) is 3.64. The Balaban J connectivity index is 1.48. The first-order valence-corrected chi connectivity index (χ1v) is 8.99. The van der Waals surface area contributed by atoms with Gasteiger partial charge >= 0.3 is 0 Å². The summed E-state index contributed by atoms with van der Waals surface area (Å²) in [6.45, 7) is 6.49. The van der Waals surface area contributed by atoms with Crippen molar-refractivity contribution in [2.45, 2.75) is 38.0 Å². The number of carbonyl (C=O) groups excluding carboxylic acids is 1. The van der Waals surface area contributed by atoms with E-state index in [0.29, 0.717) is 5.75 Å². The Bertz CT molecular complexity index is 482. The van der Waals surface area contributed by atoms with Crippen LogP contribution in [0.3, 0.4) is 0 Å². The monoisotopic (exact) mass is 308 g/mol. The highest BCUT2D eigenvalue weighted by atomic mass is 32.2. The lowest BCUT2D eigenvalue weighted by molar-refractivity contribution is -0.128. The number of amides is 1. The summed E-state index contributed by atoms with van der Waals surface area (Å²) >= 11 is 1.68. The lowest BCUT2D eigenvalue weighted by Crippen LogP contribution is -2.30. The minimum absolute atomic E-state index is 0.0815. The van der Waals surface area contributed by atoms with Crippen LogP contribution in [-0.2, 0) is 4.79 Å². The molecule has 2 saturated heterocycles. The van der Waals surface area contributed by atoms with E-state index in [4.69, 9.17) is 4.42 Å². The summed E-state index contributed by atoms with van der Waals surface area (Å²) in [5, 5.41) is 0.0815. The summed E-state index contributed by atoms with van der Waals surface area (Å²) in [6, 6.07) is 3.98. The van der Waals surface area contributed by atoms with E-state index in [0.717, 1.165) is 24.5 Å². The highest BCUT2D eigenvalue weighted by Crippen LogP contribution is 2.39. The minimum Gasteiger partial charge on any atom is -0.463 e. The van der Waals surface area contributed by atoms with E-state index in [9.17, 15) is 4.79 Å². The zero-order valence-corrected chi connectivity index (χ0v) is 13.5. The molecule has 0 N–H and O–H groups in total. The van der Waals surface area contributed by atoms with E-state index in [1.54, 1.807) is 11.8 Å². The van der Waals surface area contributed by atoms with Crippen LogP contribution < -0.4 is 0 Å². The third-order valence-electron chi connectivity index (χ3n) is 4.29. The zero-order chi connectivity index (χ0) is 14.7. The Morgan fingerprint density at radius 3 is 2.71 bits per heavy atom. The molecule has 21 heavy (non-hydrogen) atoms. The van der Waals surface area contributed by atoms with Gasteiger partial charge in [0.05, 0.1) is 5.75 Å². The second-order valence-corrected chi connectivity index (χ2v) is 7.02. The van der Waals surface area contributed by atoms with Gasteiger partial charge in [0.2, 0.25) is 5.91 Å². The molecule has 2 fully saturated rings. The quantitative estimate of drug-likeness (QED) is 0.757. The van der Waals surface area contributed by atoms with Crippen LogP contribution in [0.1, 0.15) is 42.6 Å². The van der Waals surface area contributed by atoms with Crippen molar-refractivity contribution >= 4 is 17.7 Å². The predicted octanol–water partition coefficient (Wildman–Crippen LogP) is 3.04. The number of furan rings is 1. The van der Waals surface area contributed by atoms with Gasteiger partial charge in [0, 0.05) is 6.54 Å². The molecule has 1 aromatic rings. The Kier molecular flexibility index (Phi) is 4.91. The van der Waals surface area contributed by atoms with Crippen LogP contribution in [0.5, 0.6) is 0 Å². The number of hydrogen-bond acceptors (Lipinski definition) is 4. The molecule has 2 aliphatic rings. The predicted molar refractivity (Wildman–Crippen MR) is 85.3 cm³/mol. The molecule has 0 aromatic carbocycles. The Morgan fingerprint density at radius 2 is 2.00 bits per heavy atom. The van der Waals surface area contributed by atoms with Crippen LogP contribution in [-0.4, -0.2) is 47.6 Å². The lowest BCUT2D eigenvalue weighted by Gasteiger charge is -2.23. The van der Waals surface area contributed by atoms with E-state index in [2.05, 4.69) is 4.90 Å². The molecule has 2 aliphatic heterocycles. The van der Waals surface area contributed by atoms with Gasteiger partial charge in [-0.15, -0.1) is 11.8 Å². The fraction of sp³-hybridized carbons (Fsp3) is 0.688. The van der Waals surface area contributed by atoms with Gasteiger partial charge in [-0.05, 0) is 64.4 Å². The van der Waals surface area contributed by atoms with Crippen molar-refractivity contribution in [2.24, 2.45) is 0 Å². The highest BCUT2D eigenvalue weighted by molar-refractivity contribution is 8.00. The topological polar surface area (TPSA) is 36.7 Å². The second-order valence-electron chi connectivity index (χ2n) is 5.95. The van der Waals surface area contributed by atoms with Gasteiger partial charge < -0.3 is 14.2 Å². The van der Waals surface area contributed by atoms with Gasteiger partial charge in [-0.25, -0.2) is 0 Å². The fourth-order valence-corrected chi connectivity index (χ4v) is 4.30. The maximum Gasteiger partial charge on any atom is 0.233 e. The van der Waals surface area contributed by atoms with Crippen molar-refractivity contribution in [3.05, 3.63) is 23.7 Å². The molecular formula is C16H24N2O2S. The summed E-state index contributed by atoms with van der Waals surface area (Å²) in [4.78, 5) is 16.6. The average molecular weight is 308 g/mol. The van der Waals surface area contributed by atoms with E-state index in [1.165, 1.54) is 38.9 Å². The number of rotatable bonds is 6. The van der Waals surface area contributed by atoms with Crippen LogP contribution in [0.25, 0.3) is 0 Å². The summed E-state index contributed by atoms with van der Waals surface area (Å²) in [7, 11) is 0. The van der Waals surface area contributed by atoms with Crippen molar-refractivity contribution in [1.29, 1.82) is 0 Å². The number of aryl methyl sites for hydroxylation is 1. The molecule has 1 amide bonds. The first kappa shape index (κ1) is 15.0. The van der Waals surface area contributed by atoms with E-state index >= 15 is 0 Å². The number of nitrogens with zero attached hydrogens (tertiary/aromatic N) is 2. The molecule has 5 heteroatoms. The maximum absolute atomic E-state index is 12.1. The van der Waals surface area contributed by atoms with Crippen molar-refractivity contribution < 1.29 is 9.21 Å². The van der Waals surface area contributed by atoms with Crippen LogP contribution in [0.15, 0.2) is 16.5 Å². The van der Waals surface area contributed by atoms with Crippen molar-refractivity contribution in [1.82, 2.24) is 9.80 Å². The molecule has 1 unspecified atom stereocenters. The Morgan fingerprint density at radius 1 is 1.24 bits per heavy atom. The van der Waals surface area contributed by atoms with Crippen molar-refractivity contribution in [3.8, 4) is 0 Å². The summed E-state index contributed by atoms with van der Waals surface area (Å²) in [5.41, 5.74) is 0. The largest absolute Gasteiger partial charge is 0.463 e. The van der Waals surface area contributed by atoms with Gasteiger partial charge in [0.15, 0.2) is 0 Å². The van der Waals surface area contributed by atoms with E-state index in [-0.39, 0.29) is 11.3 Å². The molecule has 3 heterocycles. The normalized spacial score (nSPS) is 23.4. The number of thioether (sulfide) groups is 1. The molecule has 1 aromatic heterocycles. The van der Waals surface area contributed by atoms with Gasteiger partial charge in [-0.1, -0.05) is 0 Å². The Hall–Kier alpha value is -0.940. The summed E-state index contributed by atoms with van der Waals surface area (Å²) in [6.07, 6.45) is 4.96. The molecule has 0 saturated carbocycles. The van der Waals surface area contributed by atoms with Crippen molar-refractivity contribution in [3.63, 3.8) is 0 Å². The molecule has 1 atom stereocenters. The average Bonchev–Trinajstić information content (AvgIpc) is 3.17.